The van der Waals surface area contributed by atoms with Crippen LogP contribution < -0.4 is 5.32 Å². The maximum Gasteiger partial charge on any atom is 0.259 e. The van der Waals surface area contributed by atoms with Crippen LogP contribution in [0.25, 0.3) is 0 Å². The van der Waals surface area contributed by atoms with E-state index < -0.39 is 11.8 Å². The van der Waals surface area contributed by atoms with E-state index in [4.69, 9.17) is 9.57 Å². The molecule has 1 fully saturated rings. The summed E-state index contributed by atoms with van der Waals surface area (Å²) < 4.78 is 5.31. The second-order valence-corrected chi connectivity index (χ2v) is 5.47. The third kappa shape index (κ3) is 2.90. The van der Waals surface area contributed by atoms with Gasteiger partial charge in [-0.05, 0) is 12.1 Å². The number of amidine groups is 1. The van der Waals surface area contributed by atoms with Crippen molar-refractivity contribution in [2.75, 3.05) is 26.3 Å². The molecule has 0 aliphatic carbocycles. The van der Waals surface area contributed by atoms with Crippen LogP contribution in [-0.4, -0.2) is 59.9 Å². The highest BCUT2D eigenvalue weighted by atomic mass is 16.7. The van der Waals surface area contributed by atoms with Crippen molar-refractivity contribution in [2.45, 2.75) is 18.8 Å². The molecule has 2 aliphatic heterocycles. The number of rotatable bonds is 2. The minimum absolute atomic E-state index is 0.280. The van der Waals surface area contributed by atoms with Gasteiger partial charge >= 0.3 is 0 Å². The molecule has 0 bridgehead atoms. The Bertz CT molecular complexity index is 567. The summed E-state index contributed by atoms with van der Waals surface area (Å²) >= 11 is 0. The zero-order chi connectivity index (χ0) is 15.6. The number of hydrogen-bond donors (Lipinski definition) is 2. The van der Waals surface area contributed by atoms with Crippen LogP contribution in [0.15, 0.2) is 35.5 Å². The van der Waals surface area contributed by atoms with Gasteiger partial charge in [-0.25, -0.2) is 0 Å². The van der Waals surface area contributed by atoms with E-state index in [2.05, 4.69) is 10.5 Å². The Morgan fingerprint density at radius 1 is 1.36 bits per heavy atom. The van der Waals surface area contributed by atoms with Crippen LogP contribution in [0.1, 0.15) is 17.3 Å². The monoisotopic (exact) mass is 305 g/mol. The number of nitrogens with zero attached hydrogens (tertiary/aromatic N) is 2. The van der Waals surface area contributed by atoms with Crippen LogP contribution in [-0.2, 0) is 9.57 Å². The standard InChI is InChI=1S/C15H19N3O4/c1-15(20)12(16-14(19)11-5-3-2-4-6-11)13(17-22-15)18-7-9-21-10-8-18/h2-6,12,20H,7-10H2,1H3,(H,16,19)/t12-,15+/m1/s1. The quantitative estimate of drug-likeness (QED) is 0.814. The first-order valence-corrected chi connectivity index (χ1v) is 7.25. The molecule has 2 heterocycles. The molecule has 118 valence electrons. The van der Waals surface area contributed by atoms with Gasteiger partial charge in [-0.3, -0.25) is 4.79 Å². The van der Waals surface area contributed by atoms with Gasteiger partial charge in [-0.1, -0.05) is 23.4 Å². The molecule has 7 heteroatoms. The lowest BCUT2D eigenvalue weighted by Gasteiger charge is -2.32. The van der Waals surface area contributed by atoms with Crippen molar-refractivity contribution in [3.05, 3.63) is 35.9 Å². The number of morpholine rings is 1. The van der Waals surface area contributed by atoms with Crippen molar-refractivity contribution in [1.82, 2.24) is 10.2 Å². The summed E-state index contributed by atoms with van der Waals surface area (Å²) in [5.41, 5.74) is 0.520. The molecule has 1 aromatic rings. The minimum atomic E-state index is -1.57. The van der Waals surface area contributed by atoms with E-state index in [0.717, 1.165) is 0 Å². The van der Waals surface area contributed by atoms with Crippen LogP contribution in [0.3, 0.4) is 0 Å². The Kier molecular flexibility index (Phi) is 4.00. The number of aliphatic hydroxyl groups is 1. The van der Waals surface area contributed by atoms with Crippen LogP contribution in [0, 0.1) is 0 Å². The molecule has 3 rings (SSSR count). The van der Waals surface area contributed by atoms with Crippen molar-refractivity contribution in [3.8, 4) is 0 Å². The average Bonchev–Trinajstić information content (AvgIpc) is 2.84. The number of carbonyl (C=O) groups is 1. The van der Waals surface area contributed by atoms with Crippen molar-refractivity contribution in [3.63, 3.8) is 0 Å². The van der Waals surface area contributed by atoms with Crippen LogP contribution >= 0.6 is 0 Å². The summed E-state index contributed by atoms with van der Waals surface area (Å²) in [4.78, 5) is 19.4. The Hall–Kier alpha value is -2.12. The first kappa shape index (κ1) is 14.8. The topological polar surface area (TPSA) is 83.4 Å². The highest BCUT2D eigenvalue weighted by Gasteiger charge is 2.47. The third-order valence-corrected chi connectivity index (χ3v) is 3.76. The fourth-order valence-corrected chi connectivity index (χ4v) is 2.52. The van der Waals surface area contributed by atoms with Crippen LogP contribution in [0.5, 0.6) is 0 Å². The van der Waals surface area contributed by atoms with Gasteiger partial charge in [0.15, 0.2) is 11.9 Å². The lowest BCUT2D eigenvalue weighted by molar-refractivity contribution is -0.181. The SMILES string of the molecule is C[C@]1(O)ON=C(N2CCOCC2)[C@H]1NC(=O)c1ccccc1. The van der Waals surface area contributed by atoms with Gasteiger partial charge in [0.2, 0.25) is 0 Å². The zero-order valence-corrected chi connectivity index (χ0v) is 12.4. The summed E-state index contributed by atoms with van der Waals surface area (Å²) in [6.45, 7) is 3.95. The molecule has 0 unspecified atom stereocenters. The largest absolute Gasteiger partial charge is 0.378 e. The van der Waals surface area contributed by atoms with Gasteiger partial charge < -0.3 is 24.9 Å². The molecular formula is C15H19N3O4. The molecule has 1 amide bonds. The lowest BCUT2D eigenvalue weighted by atomic mass is 10.1. The second-order valence-electron chi connectivity index (χ2n) is 5.47. The summed E-state index contributed by atoms with van der Waals surface area (Å²) in [5.74, 6) is -1.33. The molecule has 2 N–H and O–H groups in total. The fraction of sp³-hybridized carbons (Fsp3) is 0.467. The molecule has 0 aromatic heterocycles. The molecule has 0 radical (unpaired) electrons. The Labute approximate surface area is 128 Å². The number of carbonyl (C=O) groups excluding carboxylic acids is 1. The smallest absolute Gasteiger partial charge is 0.259 e. The van der Waals surface area contributed by atoms with E-state index in [1.165, 1.54) is 6.92 Å². The number of oxime groups is 1. The van der Waals surface area contributed by atoms with Gasteiger partial charge in [0, 0.05) is 25.6 Å². The molecule has 1 aromatic carbocycles. The molecular weight excluding hydrogens is 286 g/mol. The molecule has 0 spiro atoms. The normalized spacial score (nSPS) is 28.0. The van der Waals surface area contributed by atoms with Gasteiger partial charge in [0.25, 0.3) is 11.7 Å². The highest BCUT2D eigenvalue weighted by molar-refractivity contribution is 5.99. The Morgan fingerprint density at radius 2 is 2.05 bits per heavy atom. The Balaban J connectivity index is 1.76. The molecule has 0 saturated carbocycles. The van der Waals surface area contributed by atoms with E-state index in [0.29, 0.717) is 37.7 Å². The number of hydrogen-bond acceptors (Lipinski definition) is 6. The Morgan fingerprint density at radius 3 is 2.73 bits per heavy atom. The van der Waals surface area contributed by atoms with Gasteiger partial charge in [-0.15, -0.1) is 0 Å². The van der Waals surface area contributed by atoms with Gasteiger partial charge in [0.05, 0.1) is 13.2 Å². The van der Waals surface area contributed by atoms with E-state index in [1.807, 2.05) is 11.0 Å². The predicted octanol–water partition coefficient (Wildman–Crippen LogP) is 0.169. The van der Waals surface area contributed by atoms with Crippen LogP contribution in [0.2, 0.25) is 0 Å². The minimum Gasteiger partial charge on any atom is -0.378 e. The summed E-state index contributed by atoms with van der Waals surface area (Å²) in [6, 6.07) is 8.12. The summed E-state index contributed by atoms with van der Waals surface area (Å²) in [5, 5.41) is 17.1. The number of benzene rings is 1. The van der Waals surface area contributed by atoms with E-state index in [9.17, 15) is 9.90 Å². The first-order chi connectivity index (χ1) is 10.6. The third-order valence-electron chi connectivity index (χ3n) is 3.76. The first-order valence-electron chi connectivity index (χ1n) is 7.25. The maximum atomic E-state index is 12.3. The van der Waals surface area contributed by atoms with Crippen molar-refractivity contribution >= 4 is 11.7 Å². The van der Waals surface area contributed by atoms with Crippen molar-refractivity contribution < 1.29 is 19.5 Å². The molecule has 22 heavy (non-hydrogen) atoms. The summed E-state index contributed by atoms with van der Waals surface area (Å²) in [6.07, 6.45) is 0. The molecule has 7 nitrogen and oxygen atoms in total. The van der Waals surface area contributed by atoms with Gasteiger partial charge in [-0.2, -0.15) is 0 Å². The molecule has 1 saturated heterocycles. The second kappa shape index (κ2) is 5.94. The maximum absolute atomic E-state index is 12.3. The molecule has 2 atom stereocenters. The molecule has 2 aliphatic rings. The van der Waals surface area contributed by atoms with Crippen LogP contribution in [0.4, 0.5) is 0 Å². The lowest BCUT2D eigenvalue weighted by Crippen LogP contribution is -2.58. The van der Waals surface area contributed by atoms with E-state index in [1.54, 1.807) is 24.3 Å². The van der Waals surface area contributed by atoms with Crippen molar-refractivity contribution in [2.24, 2.45) is 5.16 Å². The van der Waals surface area contributed by atoms with E-state index >= 15 is 0 Å². The zero-order valence-electron chi connectivity index (χ0n) is 12.4. The van der Waals surface area contributed by atoms with Gasteiger partial charge in [0.1, 0.15) is 0 Å². The summed E-state index contributed by atoms with van der Waals surface area (Å²) in [7, 11) is 0. The number of nitrogens with one attached hydrogen (secondary N) is 1. The fourth-order valence-electron chi connectivity index (χ4n) is 2.52. The number of amides is 1. The van der Waals surface area contributed by atoms with Crippen molar-refractivity contribution in [1.29, 1.82) is 0 Å². The van der Waals surface area contributed by atoms with E-state index in [-0.39, 0.29) is 5.91 Å². The predicted molar refractivity (Wildman–Crippen MR) is 79.2 cm³/mol. The average molecular weight is 305 g/mol. The number of ether oxygens (including phenoxy) is 1. The highest BCUT2D eigenvalue weighted by Crippen LogP contribution is 2.23.